The van der Waals surface area contributed by atoms with Crippen molar-refractivity contribution in [2.45, 2.75) is 51.1 Å². The van der Waals surface area contributed by atoms with Gasteiger partial charge in [-0.25, -0.2) is 4.79 Å². The van der Waals surface area contributed by atoms with Crippen LogP contribution in [0.15, 0.2) is 24.3 Å². The van der Waals surface area contributed by atoms with Crippen LogP contribution in [0.2, 0.25) is 0 Å². The third-order valence-electron chi connectivity index (χ3n) is 3.68. The van der Waals surface area contributed by atoms with Crippen LogP contribution in [-0.2, 0) is 6.54 Å². The Morgan fingerprint density at radius 1 is 1.16 bits per heavy atom. The first-order valence-electron chi connectivity index (χ1n) is 6.82. The molecule has 2 rings (SSSR count). The first-order valence-corrected chi connectivity index (χ1v) is 6.82. The molecule has 3 nitrogen and oxygen atoms in total. The van der Waals surface area contributed by atoms with E-state index in [2.05, 4.69) is 5.32 Å². The molecule has 0 spiro atoms. The van der Waals surface area contributed by atoms with E-state index in [1.165, 1.54) is 38.5 Å². The van der Waals surface area contributed by atoms with Crippen LogP contribution in [0.4, 0.5) is 0 Å². The molecule has 0 unspecified atom stereocenters. The van der Waals surface area contributed by atoms with Gasteiger partial charge in [0.1, 0.15) is 0 Å². The molecule has 0 atom stereocenters. The maximum atomic E-state index is 11.1. The minimum Gasteiger partial charge on any atom is -0.478 e. The smallest absolute Gasteiger partial charge is 0.336 e. The van der Waals surface area contributed by atoms with Crippen LogP contribution in [0.3, 0.4) is 0 Å². The van der Waals surface area contributed by atoms with Crippen molar-refractivity contribution in [3.05, 3.63) is 35.4 Å². The Morgan fingerprint density at radius 2 is 1.79 bits per heavy atom. The van der Waals surface area contributed by atoms with Gasteiger partial charge >= 0.3 is 5.97 Å². The van der Waals surface area contributed by atoms with Crippen LogP contribution >= 0.6 is 12.4 Å². The van der Waals surface area contributed by atoms with Crippen LogP contribution in [0.25, 0.3) is 0 Å². The van der Waals surface area contributed by atoms with Gasteiger partial charge in [0.15, 0.2) is 0 Å². The van der Waals surface area contributed by atoms with E-state index in [0.717, 1.165) is 5.56 Å². The molecule has 0 bridgehead atoms. The summed E-state index contributed by atoms with van der Waals surface area (Å²) < 4.78 is 0. The minimum absolute atomic E-state index is 0. The Balaban J connectivity index is 0.00000180. The summed E-state index contributed by atoms with van der Waals surface area (Å²) >= 11 is 0. The highest BCUT2D eigenvalue weighted by molar-refractivity contribution is 5.89. The van der Waals surface area contributed by atoms with Crippen LogP contribution < -0.4 is 5.32 Å². The lowest BCUT2D eigenvalue weighted by atomic mass is 10.1. The summed E-state index contributed by atoms with van der Waals surface area (Å²) in [5.74, 6) is -0.840. The quantitative estimate of drug-likeness (QED) is 0.830. The minimum atomic E-state index is -0.840. The van der Waals surface area contributed by atoms with Crippen LogP contribution in [0.1, 0.15) is 54.4 Å². The van der Waals surface area contributed by atoms with Crippen molar-refractivity contribution in [1.82, 2.24) is 5.32 Å². The number of halogens is 1. The lowest BCUT2D eigenvalue weighted by Crippen LogP contribution is -2.28. The fraction of sp³-hybridized carbons (Fsp3) is 0.533. The van der Waals surface area contributed by atoms with Gasteiger partial charge in [-0.2, -0.15) is 0 Å². The fourth-order valence-corrected chi connectivity index (χ4v) is 2.62. The Morgan fingerprint density at radius 3 is 2.42 bits per heavy atom. The molecule has 106 valence electrons. The summed E-state index contributed by atoms with van der Waals surface area (Å²) in [6.45, 7) is 0.660. The van der Waals surface area contributed by atoms with E-state index in [1.54, 1.807) is 12.1 Å². The summed E-state index contributed by atoms with van der Waals surface area (Å²) in [4.78, 5) is 11.1. The van der Waals surface area contributed by atoms with Gasteiger partial charge in [0, 0.05) is 12.6 Å². The third-order valence-corrected chi connectivity index (χ3v) is 3.68. The highest BCUT2D eigenvalue weighted by Gasteiger charge is 2.13. The lowest BCUT2D eigenvalue weighted by Gasteiger charge is -2.17. The second kappa shape index (κ2) is 8.18. The van der Waals surface area contributed by atoms with Gasteiger partial charge in [0.25, 0.3) is 0 Å². The van der Waals surface area contributed by atoms with E-state index in [-0.39, 0.29) is 12.4 Å². The molecule has 1 saturated carbocycles. The van der Waals surface area contributed by atoms with E-state index in [4.69, 9.17) is 5.11 Å². The summed E-state index contributed by atoms with van der Waals surface area (Å²) in [6, 6.07) is 7.80. The number of aromatic carboxylic acids is 1. The van der Waals surface area contributed by atoms with Crippen LogP contribution in [-0.4, -0.2) is 17.1 Å². The first kappa shape index (κ1) is 16.0. The number of rotatable bonds is 4. The molecular formula is C15H22ClNO2. The van der Waals surface area contributed by atoms with E-state index in [0.29, 0.717) is 18.2 Å². The van der Waals surface area contributed by atoms with Crippen molar-refractivity contribution in [3.8, 4) is 0 Å². The molecule has 1 fully saturated rings. The molecule has 0 amide bonds. The highest BCUT2D eigenvalue weighted by atomic mass is 35.5. The first-order chi connectivity index (χ1) is 8.77. The largest absolute Gasteiger partial charge is 0.478 e. The number of nitrogens with one attached hydrogen (secondary N) is 1. The Hall–Kier alpha value is -1.06. The van der Waals surface area contributed by atoms with E-state index in [9.17, 15) is 4.79 Å². The number of carboxylic acid groups (broad SMARTS) is 1. The molecule has 1 aromatic rings. The maximum Gasteiger partial charge on any atom is 0.336 e. The molecular weight excluding hydrogens is 262 g/mol. The zero-order valence-corrected chi connectivity index (χ0v) is 11.9. The van der Waals surface area contributed by atoms with Crippen molar-refractivity contribution in [2.75, 3.05) is 0 Å². The van der Waals surface area contributed by atoms with E-state index in [1.807, 2.05) is 12.1 Å². The fourth-order valence-electron chi connectivity index (χ4n) is 2.62. The predicted octanol–water partition coefficient (Wildman–Crippen LogP) is 3.62. The van der Waals surface area contributed by atoms with Crippen LogP contribution in [0, 0.1) is 0 Å². The molecule has 2 N–H and O–H groups in total. The maximum absolute atomic E-state index is 11.1. The molecule has 1 aromatic carbocycles. The summed E-state index contributed by atoms with van der Waals surface area (Å²) in [5, 5.41) is 12.6. The average molecular weight is 284 g/mol. The lowest BCUT2D eigenvalue weighted by molar-refractivity contribution is 0.0695. The van der Waals surface area contributed by atoms with Crippen molar-refractivity contribution < 1.29 is 9.90 Å². The van der Waals surface area contributed by atoms with Crippen LogP contribution in [0.5, 0.6) is 0 Å². The summed E-state index contributed by atoms with van der Waals surface area (Å²) in [5.41, 5.74) is 1.30. The Kier molecular flexibility index (Phi) is 6.89. The van der Waals surface area contributed by atoms with Crippen molar-refractivity contribution >= 4 is 18.4 Å². The Labute approximate surface area is 120 Å². The second-order valence-electron chi connectivity index (χ2n) is 5.03. The van der Waals surface area contributed by atoms with Gasteiger partial charge < -0.3 is 10.4 Å². The molecule has 0 aromatic heterocycles. The molecule has 4 heteroatoms. The number of benzene rings is 1. The molecule has 1 aliphatic rings. The van der Waals surface area contributed by atoms with Gasteiger partial charge in [-0.15, -0.1) is 12.4 Å². The predicted molar refractivity (Wildman–Crippen MR) is 79.0 cm³/mol. The van der Waals surface area contributed by atoms with Gasteiger partial charge in [-0.05, 0) is 24.5 Å². The van der Waals surface area contributed by atoms with E-state index >= 15 is 0 Å². The zero-order valence-electron chi connectivity index (χ0n) is 11.1. The molecule has 0 radical (unpaired) electrons. The van der Waals surface area contributed by atoms with Crippen molar-refractivity contribution in [3.63, 3.8) is 0 Å². The third kappa shape index (κ3) is 4.84. The summed E-state index contributed by atoms with van der Waals surface area (Å²) in [7, 11) is 0. The van der Waals surface area contributed by atoms with Gasteiger partial charge in [-0.1, -0.05) is 43.9 Å². The highest BCUT2D eigenvalue weighted by Crippen LogP contribution is 2.18. The van der Waals surface area contributed by atoms with Gasteiger partial charge in [0.05, 0.1) is 5.56 Å². The zero-order chi connectivity index (χ0) is 12.8. The Bertz CT molecular complexity index is 401. The number of hydrogen-bond acceptors (Lipinski definition) is 2. The van der Waals surface area contributed by atoms with E-state index < -0.39 is 5.97 Å². The molecule has 0 heterocycles. The topological polar surface area (TPSA) is 49.3 Å². The molecule has 1 aliphatic carbocycles. The number of carboxylic acids is 1. The molecule has 0 aliphatic heterocycles. The molecule has 19 heavy (non-hydrogen) atoms. The SMILES string of the molecule is Cl.O=C(O)c1ccccc1CNC1CCCCCC1. The number of hydrogen-bond donors (Lipinski definition) is 2. The molecule has 0 saturated heterocycles. The van der Waals surface area contributed by atoms with Crippen molar-refractivity contribution in [2.24, 2.45) is 0 Å². The average Bonchev–Trinajstić information content (AvgIpc) is 2.65. The summed E-state index contributed by atoms with van der Waals surface area (Å²) in [6.07, 6.45) is 7.69. The number of carbonyl (C=O) groups is 1. The standard InChI is InChI=1S/C15H21NO2.ClH/c17-15(18)14-10-6-5-7-12(14)11-16-13-8-3-1-2-4-9-13;/h5-7,10,13,16H,1-4,8-9,11H2,(H,17,18);1H. The second-order valence-corrected chi connectivity index (χ2v) is 5.03. The monoisotopic (exact) mass is 283 g/mol. The normalized spacial score (nSPS) is 16.4. The van der Waals surface area contributed by atoms with Gasteiger partial charge in [-0.3, -0.25) is 0 Å². The van der Waals surface area contributed by atoms with Crippen molar-refractivity contribution in [1.29, 1.82) is 0 Å². The van der Waals surface area contributed by atoms with Gasteiger partial charge in [0.2, 0.25) is 0 Å².